The molecule has 0 atom stereocenters. The zero-order chi connectivity index (χ0) is 19.2. The lowest BCUT2D eigenvalue weighted by molar-refractivity contribution is -0.120. The van der Waals surface area contributed by atoms with E-state index < -0.39 is 15.9 Å². The van der Waals surface area contributed by atoms with Gasteiger partial charge < -0.3 is 10.6 Å². The Morgan fingerprint density at radius 2 is 1.54 bits per heavy atom. The van der Waals surface area contributed by atoms with Gasteiger partial charge in [0.2, 0.25) is 5.91 Å². The van der Waals surface area contributed by atoms with Gasteiger partial charge in [-0.2, -0.15) is 0 Å². The van der Waals surface area contributed by atoms with Gasteiger partial charge in [-0.3, -0.25) is 14.3 Å². The molecule has 0 heterocycles. The number of hydrogen-bond acceptors (Lipinski definition) is 4. The highest BCUT2D eigenvalue weighted by molar-refractivity contribution is 7.92. The summed E-state index contributed by atoms with van der Waals surface area (Å²) >= 11 is 0. The third-order valence-corrected chi connectivity index (χ3v) is 4.91. The van der Waals surface area contributed by atoms with E-state index in [9.17, 15) is 18.0 Å². The van der Waals surface area contributed by atoms with Crippen molar-refractivity contribution in [3.63, 3.8) is 0 Å². The standard InChI is InChI=1S/C18H21N3O4S/c1-3-19-17(22)12-20-18(23)14-6-10-16(11-7-14)26(24,25)21-15-8-4-13(2)5-9-15/h4-11,21H,3,12H2,1-2H3,(H,19,22)(H,20,23). The molecule has 0 saturated heterocycles. The van der Waals surface area contributed by atoms with E-state index in [1.807, 2.05) is 6.92 Å². The number of carbonyl (C=O) groups is 2. The minimum Gasteiger partial charge on any atom is -0.355 e. The van der Waals surface area contributed by atoms with Crippen molar-refractivity contribution in [1.29, 1.82) is 0 Å². The molecule has 0 aliphatic carbocycles. The van der Waals surface area contributed by atoms with Crippen molar-refractivity contribution in [2.24, 2.45) is 0 Å². The summed E-state index contributed by atoms with van der Waals surface area (Å²) in [6, 6.07) is 12.5. The highest BCUT2D eigenvalue weighted by Crippen LogP contribution is 2.17. The Hall–Kier alpha value is -2.87. The number of sulfonamides is 1. The molecule has 0 aliphatic heterocycles. The smallest absolute Gasteiger partial charge is 0.261 e. The molecule has 3 N–H and O–H groups in total. The molecule has 2 rings (SSSR count). The fourth-order valence-corrected chi connectivity index (χ4v) is 3.20. The van der Waals surface area contributed by atoms with Gasteiger partial charge in [-0.05, 0) is 50.2 Å². The van der Waals surface area contributed by atoms with Crippen LogP contribution in [0.2, 0.25) is 0 Å². The molecule has 138 valence electrons. The monoisotopic (exact) mass is 375 g/mol. The van der Waals surface area contributed by atoms with Crippen LogP contribution in [0, 0.1) is 6.92 Å². The average Bonchev–Trinajstić information content (AvgIpc) is 2.62. The van der Waals surface area contributed by atoms with E-state index in [0.717, 1.165) is 5.56 Å². The van der Waals surface area contributed by atoms with Crippen molar-refractivity contribution in [2.75, 3.05) is 17.8 Å². The first kappa shape index (κ1) is 19.5. The Morgan fingerprint density at radius 3 is 2.12 bits per heavy atom. The van der Waals surface area contributed by atoms with Gasteiger partial charge in [0, 0.05) is 17.8 Å². The van der Waals surface area contributed by atoms with Crippen molar-refractivity contribution in [3.8, 4) is 0 Å². The maximum Gasteiger partial charge on any atom is 0.261 e. The lowest BCUT2D eigenvalue weighted by atomic mass is 10.2. The maximum absolute atomic E-state index is 12.4. The lowest BCUT2D eigenvalue weighted by Crippen LogP contribution is -2.36. The Kier molecular flexibility index (Phi) is 6.35. The second kappa shape index (κ2) is 8.48. The zero-order valence-corrected chi connectivity index (χ0v) is 15.4. The van der Waals surface area contributed by atoms with Crippen LogP contribution >= 0.6 is 0 Å². The highest BCUT2D eigenvalue weighted by atomic mass is 32.2. The van der Waals surface area contributed by atoms with Gasteiger partial charge >= 0.3 is 0 Å². The minimum atomic E-state index is -3.75. The number of aryl methyl sites for hydroxylation is 1. The van der Waals surface area contributed by atoms with E-state index in [0.29, 0.717) is 12.2 Å². The number of carbonyl (C=O) groups excluding carboxylic acids is 2. The van der Waals surface area contributed by atoms with Crippen LogP contribution in [0.1, 0.15) is 22.8 Å². The second-order valence-electron chi connectivity index (χ2n) is 5.63. The van der Waals surface area contributed by atoms with E-state index in [4.69, 9.17) is 0 Å². The van der Waals surface area contributed by atoms with Crippen LogP contribution in [0.15, 0.2) is 53.4 Å². The normalized spacial score (nSPS) is 10.8. The molecular weight excluding hydrogens is 354 g/mol. The number of benzene rings is 2. The molecule has 7 nitrogen and oxygen atoms in total. The topological polar surface area (TPSA) is 104 Å². The predicted molar refractivity (Wildman–Crippen MR) is 99.4 cm³/mol. The van der Waals surface area contributed by atoms with E-state index in [2.05, 4.69) is 15.4 Å². The first-order valence-electron chi connectivity index (χ1n) is 8.06. The predicted octanol–water partition coefficient (Wildman–Crippen LogP) is 1.66. The molecule has 2 aromatic carbocycles. The molecule has 0 radical (unpaired) electrons. The molecule has 0 spiro atoms. The maximum atomic E-state index is 12.4. The van der Waals surface area contributed by atoms with Gasteiger partial charge in [0.1, 0.15) is 0 Å². The number of likely N-dealkylation sites (N-methyl/N-ethyl adjacent to an activating group) is 1. The molecule has 2 aromatic rings. The number of anilines is 1. The number of nitrogens with one attached hydrogen (secondary N) is 3. The van der Waals surface area contributed by atoms with Crippen LogP contribution in [0.3, 0.4) is 0 Å². The molecule has 0 saturated carbocycles. The third-order valence-electron chi connectivity index (χ3n) is 3.51. The molecule has 0 aromatic heterocycles. The molecule has 0 unspecified atom stereocenters. The highest BCUT2D eigenvalue weighted by Gasteiger charge is 2.15. The quantitative estimate of drug-likeness (QED) is 0.684. The summed E-state index contributed by atoms with van der Waals surface area (Å²) < 4.78 is 27.3. The van der Waals surface area contributed by atoms with E-state index in [1.165, 1.54) is 24.3 Å². The summed E-state index contributed by atoms with van der Waals surface area (Å²) in [4.78, 5) is 23.4. The molecule has 8 heteroatoms. The fourth-order valence-electron chi connectivity index (χ4n) is 2.14. The summed E-state index contributed by atoms with van der Waals surface area (Å²) in [5.74, 6) is -0.742. The van der Waals surface area contributed by atoms with E-state index >= 15 is 0 Å². The summed E-state index contributed by atoms with van der Waals surface area (Å²) in [5, 5.41) is 5.04. The molecule has 2 amide bonds. The SMILES string of the molecule is CCNC(=O)CNC(=O)c1ccc(S(=O)(=O)Nc2ccc(C)cc2)cc1. The average molecular weight is 375 g/mol. The molecule has 0 aliphatic rings. The van der Waals surface area contributed by atoms with Gasteiger partial charge in [0.05, 0.1) is 11.4 Å². The number of rotatable bonds is 7. The molecule has 26 heavy (non-hydrogen) atoms. The van der Waals surface area contributed by atoms with Gasteiger partial charge in [-0.15, -0.1) is 0 Å². The first-order valence-corrected chi connectivity index (χ1v) is 9.54. The number of amides is 2. The molecule has 0 bridgehead atoms. The van der Waals surface area contributed by atoms with E-state index in [1.54, 1.807) is 31.2 Å². The fraction of sp³-hybridized carbons (Fsp3) is 0.222. The van der Waals surface area contributed by atoms with Gasteiger partial charge in [0.25, 0.3) is 15.9 Å². The summed E-state index contributed by atoms with van der Waals surface area (Å²) in [6.07, 6.45) is 0. The Labute approximate surface area is 152 Å². The molecular formula is C18H21N3O4S. The van der Waals surface area contributed by atoms with Crippen molar-refractivity contribution in [1.82, 2.24) is 10.6 Å². The van der Waals surface area contributed by atoms with Gasteiger partial charge in [-0.1, -0.05) is 17.7 Å². The minimum absolute atomic E-state index is 0.0401. The van der Waals surface area contributed by atoms with Gasteiger partial charge in [-0.25, -0.2) is 8.42 Å². The van der Waals surface area contributed by atoms with Crippen molar-refractivity contribution in [3.05, 3.63) is 59.7 Å². The summed E-state index contributed by atoms with van der Waals surface area (Å²) in [7, 11) is -3.75. The van der Waals surface area contributed by atoms with Crippen LogP contribution in [-0.4, -0.2) is 33.3 Å². The van der Waals surface area contributed by atoms with Crippen LogP contribution in [0.25, 0.3) is 0 Å². The third kappa shape index (κ3) is 5.32. The largest absolute Gasteiger partial charge is 0.355 e. The van der Waals surface area contributed by atoms with Gasteiger partial charge in [0.15, 0.2) is 0 Å². The van der Waals surface area contributed by atoms with Crippen molar-refractivity contribution in [2.45, 2.75) is 18.7 Å². The van der Waals surface area contributed by atoms with Crippen LogP contribution < -0.4 is 15.4 Å². The van der Waals surface area contributed by atoms with Crippen molar-refractivity contribution < 1.29 is 18.0 Å². The van der Waals surface area contributed by atoms with Crippen LogP contribution in [0.4, 0.5) is 5.69 Å². The summed E-state index contributed by atoms with van der Waals surface area (Å²) in [5.41, 5.74) is 1.75. The van der Waals surface area contributed by atoms with Crippen LogP contribution in [-0.2, 0) is 14.8 Å². The zero-order valence-electron chi connectivity index (χ0n) is 14.6. The molecule has 0 fully saturated rings. The van der Waals surface area contributed by atoms with Crippen molar-refractivity contribution >= 4 is 27.5 Å². The lowest BCUT2D eigenvalue weighted by Gasteiger charge is -2.09. The Balaban J connectivity index is 2.04. The number of hydrogen-bond donors (Lipinski definition) is 3. The Morgan fingerprint density at radius 1 is 0.923 bits per heavy atom. The van der Waals surface area contributed by atoms with E-state index in [-0.39, 0.29) is 22.9 Å². The second-order valence-corrected chi connectivity index (χ2v) is 7.31. The first-order chi connectivity index (χ1) is 12.3. The summed E-state index contributed by atoms with van der Waals surface area (Å²) in [6.45, 7) is 4.04. The van der Waals surface area contributed by atoms with Crippen LogP contribution in [0.5, 0.6) is 0 Å². The Bertz CT molecular complexity index is 876.